The van der Waals surface area contributed by atoms with Crippen molar-refractivity contribution in [3.8, 4) is 5.75 Å². The van der Waals surface area contributed by atoms with Crippen molar-refractivity contribution < 1.29 is 37.9 Å². The van der Waals surface area contributed by atoms with E-state index in [-0.39, 0.29) is 11.1 Å². The van der Waals surface area contributed by atoms with Gasteiger partial charge in [-0.1, -0.05) is 24.3 Å². The van der Waals surface area contributed by atoms with Crippen molar-refractivity contribution >= 4 is 19.8 Å². The number of para-hydroxylation sites is 1. The molecule has 0 saturated heterocycles. The molecule has 0 aromatic heterocycles. The summed E-state index contributed by atoms with van der Waals surface area (Å²) in [6.07, 6.45) is 0. The van der Waals surface area contributed by atoms with Crippen LogP contribution in [-0.2, 0) is 13.6 Å². The molecule has 146 valence electrons. The van der Waals surface area contributed by atoms with Gasteiger partial charge in [-0.15, -0.1) is 0 Å². The first kappa shape index (κ1) is 22.4. The van der Waals surface area contributed by atoms with E-state index in [9.17, 15) is 14.2 Å². The minimum atomic E-state index is -3.40. The number of hydrogen-bond donors (Lipinski definition) is 2. The van der Waals surface area contributed by atoms with Crippen LogP contribution in [-0.4, -0.2) is 36.4 Å². The molecule has 27 heavy (non-hydrogen) atoms. The Morgan fingerprint density at radius 1 is 0.926 bits per heavy atom. The van der Waals surface area contributed by atoms with Gasteiger partial charge in [0.1, 0.15) is 5.75 Å². The van der Waals surface area contributed by atoms with Gasteiger partial charge < -0.3 is 14.7 Å². The van der Waals surface area contributed by atoms with Crippen LogP contribution in [0.4, 0.5) is 0 Å². The number of aromatic carboxylic acids is 2. The Kier molecular flexibility index (Phi) is 8.18. The average molecular weight is 396 g/mol. The fraction of sp³-hybridized carbons (Fsp3) is 0.222. The van der Waals surface area contributed by atoms with Crippen molar-refractivity contribution in [1.82, 2.24) is 0 Å². The van der Waals surface area contributed by atoms with Crippen molar-refractivity contribution in [3.05, 3.63) is 64.7 Å². The van der Waals surface area contributed by atoms with Crippen LogP contribution in [0.25, 0.3) is 0 Å². The van der Waals surface area contributed by atoms with Gasteiger partial charge in [0, 0.05) is 14.2 Å². The highest BCUT2D eigenvalue weighted by Gasteiger charge is 2.24. The van der Waals surface area contributed by atoms with Gasteiger partial charge in [-0.25, -0.2) is 14.2 Å². The van der Waals surface area contributed by atoms with Crippen LogP contribution in [0.5, 0.6) is 5.75 Å². The molecule has 0 atom stereocenters. The zero-order valence-electron chi connectivity index (χ0n) is 15.3. The molecule has 0 aliphatic rings. The van der Waals surface area contributed by atoms with Crippen LogP contribution in [0.15, 0.2) is 42.5 Å². The van der Waals surface area contributed by atoms with E-state index in [0.717, 1.165) is 5.56 Å². The second-order valence-corrected chi connectivity index (χ2v) is 7.14. The molecule has 0 radical (unpaired) electrons. The normalized spacial score (nSPS) is 10.5. The molecule has 2 aromatic rings. The monoisotopic (exact) mass is 396 g/mol. The summed E-state index contributed by atoms with van der Waals surface area (Å²) < 4.78 is 25.7. The standard InChI is InChI=1S/C10H10O4.C8H11O4P/c1-5-3-6(2)8(10(13)14)7(4-5)9(11)12;1-10-13(9,11-2)12-8-6-4-3-5-7-8/h3-4H,1-2H3,(H,11,12)(H,13,14);3-7H,1-2H3. The number of aryl methyl sites for hydroxylation is 2. The summed E-state index contributed by atoms with van der Waals surface area (Å²) in [7, 11) is -0.861. The lowest BCUT2D eigenvalue weighted by Crippen LogP contribution is -2.10. The van der Waals surface area contributed by atoms with Crippen LogP contribution in [0.1, 0.15) is 31.8 Å². The van der Waals surface area contributed by atoms with E-state index in [1.54, 1.807) is 44.2 Å². The molecule has 8 nitrogen and oxygen atoms in total. The highest BCUT2D eigenvalue weighted by Crippen LogP contribution is 2.47. The summed E-state index contributed by atoms with van der Waals surface area (Å²) in [6.45, 7) is 3.31. The van der Waals surface area contributed by atoms with E-state index in [0.29, 0.717) is 11.3 Å². The quantitative estimate of drug-likeness (QED) is 0.699. The van der Waals surface area contributed by atoms with Crippen LogP contribution < -0.4 is 4.52 Å². The minimum Gasteiger partial charge on any atom is -0.478 e. The summed E-state index contributed by atoms with van der Waals surface area (Å²) >= 11 is 0. The maximum atomic E-state index is 11.5. The maximum Gasteiger partial charge on any atom is 0.529 e. The van der Waals surface area contributed by atoms with Crippen LogP contribution >= 0.6 is 7.82 Å². The molecule has 0 bridgehead atoms. The molecule has 9 heteroatoms. The number of carboxylic acids is 2. The highest BCUT2D eigenvalue weighted by molar-refractivity contribution is 7.48. The Bertz CT molecular complexity index is 840. The molecule has 0 aliphatic carbocycles. The zero-order valence-corrected chi connectivity index (χ0v) is 16.2. The number of benzene rings is 2. The number of rotatable bonds is 6. The Labute approximate surface area is 156 Å². The van der Waals surface area contributed by atoms with E-state index in [2.05, 4.69) is 9.05 Å². The van der Waals surface area contributed by atoms with E-state index in [4.69, 9.17) is 14.7 Å². The Hall–Kier alpha value is -2.67. The Morgan fingerprint density at radius 2 is 1.48 bits per heavy atom. The van der Waals surface area contributed by atoms with Crippen molar-refractivity contribution in [1.29, 1.82) is 0 Å². The van der Waals surface area contributed by atoms with E-state index in [1.807, 2.05) is 6.07 Å². The summed E-state index contributed by atoms with van der Waals surface area (Å²) in [5, 5.41) is 17.6. The fourth-order valence-corrected chi connectivity index (χ4v) is 2.86. The van der Waals surface area contributed by atoms with Gasteiger partial charge in [0.2, 0.25) is 0 Å². The molecule has 0 fully saturated rings. The first-order chi connectivity index (χ1) is 12.6. The predicted molar refractivity (Wildman–Crippen MR) is 98.5 cm³/mol. The van der Waals surface area contributed by atoms with Crippen LogP contribution in [0.3, 0.4) is 0 Å². The van der Waals surface area contributed by atoms with Crippen LogP contribution in [0.2, 0.25) is 0 Å². The second-order valence-electron chi connectivity index (χ2n) is 5.33. The number of carbonyl (C=O) groups is 2. The minimum absolute atomic E-state index is 0.136. The van der Waals surface area contributed by atoms with Crippen LogP contribution in [0, 0.1) is 13.8 Å². The van der Waals surface area contributed by atoms with E-state index < -0.39 is 19.8 Å². The third kappa shape index (κ3) is 6.53. The largest absolute Gasteiger partial charge is 0.529 e. The molecule has 0 aliphatic heterocycles. The molecule has 0 saturated carbocycles. The van der Waals surface area contributed by atoms with Gasteiger partial charge in [0.05, 0.1) is 11.1 Å². The average Bonchev–Trinajstić information content (AvgIpc) is 2.62. The Balaban J connectivity index is 0.000000271. The van der Waals surface area contributed by atoms with Gasteiger partial charge in [0.25, 0.3) is 0 Å². The topological polar surface area (TPSA) is 119 Å². The first-order valence-corrected chi connectivity index (χ1v) is 9.13. The molecular weight excluding hydrogens is 375 g/mol. The zero-order chi connectivity index (χ0) is 20.6. The number of phosphoric acid groups is 1. The van der Waals surface area contributed by atoms with Crippen molar-refractivity contribution in [2.75, 3.05) is 14.2 Å². The Morgan fingerprint density at radius 3 is 1.93 bits per heavy atom. The summed E-state index contributed by atoms with van der Waals surface area (Å²) in [6, 6.07) is 11.7. The lowest BCUT2D eigenvalue weighted by atomic mass is 9.99. The number of phosphoric ester groups is 1. The molecule has 0 amide bonds. The van der Waals surface area contributed by atoms with Crippen molar-refractivity contribution in [2.45, 2.75) is 13.8 Å². The van der Waals surface area contributed by atoms with E-state index in [1.165, 1.54) is 20.3 Å². The number of hydrogen-bond acceptors (Lipinski definition) is 6. The van der Waals surface area contributed by atoms with Crippen molar-refractivity contribution in [3.63, 3.8) is 0 Å². The van der Waals surface area contributed by atoms with E-state index >= 15 is 0 Å². The molecular formula is C18H21O8P. The van der Waals surface area contributed by atoms with Gasteiger partial charge in [-0.2, -0.15) is 0 Å². The van der Waals surface area contributed by atoms with Gasteiger partial charge in [-0.05, 0) is 43.2 Å². The molecule has 2 rings (SSSR count). The third-order valence-corrected chi connectivity index (χ3v) is 4.66. The predicted octanol–water partition coefficient (Wildman–Crippen LogP) is 4.17. The second kappa shape index (κ2) is 9.87. The summed E-state index contributed by atoms with van der Waals surface area (Å²) in [5.74, 6) is -1.97. The number of carboxylic acid groups (broad SMARTS) is 2. The van der Waals surface area contributed by atoms with Gasteiger partial charge >= 0.3 is 19.8 Å². The smallest absolute Gasteiger partial charge is 0.478 e. The molecule has 0 heterocycles. The molecule has 0 spiro atoms. The maximum absolute atomic E-state index is 11.5. The van der Waals surface area contributed by atoms with Crippen molar-refractivity contribution in [2.24, 2.45) is 0 Å². The molecule has 0 unspecified atom stereocenters. The van der Waals surface area contributed by atoms with Gasteiger partial charge in [0.15, 0.2) is 0 Å². The lowest BCUT2D eigenvalue weighted by Gasteiger charge is -2.13. The molecule has 2 N–H and O–H groups in total. The highest BCUT2D eigenvalue weighted by atomic mass is 31.2. The van der Waals surface area contributed by atoms with Gasteiger partial charge in [-0.3, -0.25) is 9.05 Å². The first-order valence-electron chi connectivity index (χ1n) is 7.67. The fourth-order valence-electron chi connectivity index (χ4n) is 2.18. The molecule has 2 aromatic carbocycles. The summed E-state index contributed by atoms with van der Waals surface area (Å²) in [5.41, 5.74) is 0.915. The summed E-state index contributed by atoms with van der Waals surface area (Å²) in [4.78, 5) is 21.6. The third-order valence-electron chi connectivity index (χ3n) is 3.33. The SMILES string of the molecule is COP(=O)(OC)Oc1ccccc1.Cc1cc(C)c(C(=O)O)c(C(=O)O)c1. The lowest BCUT2D eigenvalue weighted by molar-refractivity contribution is 0.0650.